The maximum atomic E-state index is 13.6. The highest BCUT2D eigenvalue weighted by atomic mass is 19.4. The van der Waals surface area contributed by atoms with Crippen LogP contribution in [-0.4, -0.2) is 17.3 Å². The average Bonchev–Trinajstić information content (AvgIpc) is 2.72. The molecule has 6 heteroatoms. The topological polar surface area (TPSA) is 31.4 Å². The van der Waals surface area contributed by atoms with Crippen molar-refractivity contribution in [2.75, 3.05) is 0 Å². The second-order valence-corrected chi connectivity index (χ2v) is 7.93. The van der Waals surface area contributed by atoms with Crippen molar-refractivity contribution in [3.05, 3.63) is 82.6 Å². The van der Waals surface area contributed by atoms with Crippen LogP contribution in [0.3, 0.4) is 0 Å². The summed E-state index contributed by atoms with van der Waals surface area (Å²) in [6.07, 6.45) is 7.07. The van der Waals surface area contributed by atoms with E-state index in [-0.39, 0.29) is 12.5 Å². The Morgan fingerprint density at radius 3 is 2.59 bits per heavy atom. The van der Waals surface area contributed by atoms with E-state index < -0.39 is 11.7 Å². The summed E-state index contributed by atoms with van der Waals surface area (Å²) in [7, 11) is 0. The van der Waals surface area contributed by atoms with Crippen LogP contribution in [0.15, 0.2) is 82.6 Å². The highest BCUT2D eigenvalue weighted by molar-refractivity contribution is 5.45. The van der Waals surface area contributed by atoms with Crippen molar-refractivity contribution in [3.63, 3.8) is 0 Å². The van der Waals surface area contributed by atoms with Gasteiger partial charge < -0.3 is 9.47 Å². The van der Waals surface area contributed by atoms with Crippen LogP contribution in [0, 0.1) is 0 Å². The normalized spacial score (nSPS) is 18.2. The van der Waals surface area contributed by atoms with Gasteiger partial charge in [0.05, 0.1) is 11.8 Å². The number of halogens is 3. The van der Waals surface area contributed by atoms with Crippen LogP contribution in [-0.2, 0) is 4.74 Å². The molecule has 1 heterocycles. The van der Waals surface area contributed by atoms with Gasteiger partial charge in [0.15, 0.2) is 6.10 Å². The Morgan fingerprint density at radius 1 is 1.28 bits per heavy atom. The summed E-state index contributed by atoms with van der Waals surface area (Å²) in [5.41, 5.74) is 1.49. The first-order valence-electron chi connectivity index (χ1n) is 10.9. The van der Waals surface area contributed by atoms with Gasteiger partial charge in [0.25, 0.3) is 0 Å². The zero-order valence-corrected chi connectivity index (χ0v) is 19.4. The van der Waals surface area contributed by atoms with Gasteiger partial charge >= 0.3 is 6.18 Å². The predicted octanol–water partition coefficient (Wildman–Crippen LogP) is 8.00. The molecule has 0 aliphatic heterocycles. The summed E-state index contributed by atoms with van der Waals surface area (Å²) in [4.78, 5) is 4.09. The fourth-order valence-electron chi connectivity index (χ4n) is 3.50. The van der Waals surface area contributed by atoms with Gasteiger partial charge in [-0.05, 0) is 82.7 Å². The molecule has 0 saturated heterocycles. The summed E-state index contributed by atoms with van der Waals surface area (Å²) in [6.45, 7) is 9.10. The first kappa shape index (κ1) is 25.5. The van der Waals surface area contributed by atoms with Crippen LogP contribution in [0.5, 0.6) is 5.75 Å². The van der Waals surface area contributed by atoms with E-state index in [2.05, 4.69) is 4.98 Å². The number of allylic oxidation sites excluding steroid dienone is 7. The lowest BCUT2D eigenvalue weighted by atomic mass is 9.96. The van der Waals surface area contributed by atoms with Crippen molar-refractivity contribution >= 4 is 0 Å². The fourth-order valence-corrected chi connectivity index (χ4v) is 3.50. The van der Waals surface area contributed by atoms with E-state index in [4.69, 9.17) is 9.47 Å². The average molecular weight is 448 g/mol. The van der Waals surface area contributed by atoms with Crippen LogP contribution in [0.1, 0.15) is 60.3 Å². The first-order valence-corrected chi connectivity index (χ1v) is 10.9. The van der Waals surface area contributed by atoms with Crippen molar-refractivity contribution in [3.8, 4) is 5.75 Å². The molecule has 0 saturated carbocycles. The number of hydrogen-bond acceptors (Lipinski definition) is 3. The van der Waals surface area contributed by atoms with E-state index >= 15 is 0 Å². The molecule has 0 N–H and O–H groups in total. The highest BCUT2D eigenvalue weighted by Gasteiger charge is 2.33. The fraction of sp³-hybridized carbons (Fsp3) is 0.423. The molecule has 1 aliphatic carbocycles. The third-order valence-electron chi connectivity index (χ3n) is 4.98. The molecule has 1 aromatic rings. The molecule has 1 unspecified atom stereocenters. The molecule has 0 bridgehead atoms. The Balaban J connectivity index is 2.46. The molecule has 0 fully saturated rings. The Bertz CT molecular complexity index is 918. The quantitative estimate of drug-likeness (QED) is 0.299. The summed E-state index contributed by atoms with van der Waals surface area (Å²) in [5.74, 6) is 1.69. The molecule has 32 heavy (non-hydrogen) atoms. The first-order chi connectivity index (χ1) is 15.2. The van der Waals surface area contributed by atoms with Crippen LogP contribution in [0.2, 0.25) is 0 Å². The number of rotatable bonds is 8. The number of hydrogen-bond donors (Lipinski definition) is 0. The lowest BCUT2D eigenvalue weighted by Gasteiger charge is -2.29. The van der Waals surface area contributed by atoms with Gasteiger partial charge in [-0.3, -0.25) is 4.98 Å². The Kier molecular flexibility index (Phi) is 9.36. The molecule has 2 rings (SSSR count). The number of ether oxygens (including phenoxy) is 2. The molecular weight excluding hydrogens is 415 g/mol. The molecule has 1 aliphatic rings. The summed E-state index contributed by atoms with van der Waals surface area (Å²) >= 11 is 0. The smallest absolute Gasteiger partial charge is 0.416 e. The second kappa shape index (κ2) is 11.7. The van der Waals surface area contributed by atoms with Crippen LogP contribution < -0.4 is 4.74 Å². The maximum Gasteiger partial charge on any atom is 0.416 e. The lowest BCUT2D eigenvalue weighted by Crippen LogP contribution is -2.26. The van der Waals surface area contributed by atoms with Gasteiger partial charge in [-0.2, -0.15) is 13.2 Å². The van der Waals surface area contributed by atoms with Gasteiger partial charge in [0.2, 0.25) is 0 Å². The summed E-state index contributed by atoms with van der Waals surface area (Å²) in [5, 5.41) is 0. The maximum absolute atomic E-state index is 13.6. The van der Waals surface area contributed by atoms with E-state index in [0.717, 1.165) is 36.5 Å². The number of aromatic nitrogens is 1. The second-order valence-electron chi connectivity index (χ2n) is 7.93. The minimum Gasteiger partial charge on any atom is -0.481 e. The van der Waals surface area contributed by atoms with Crippen molar-refractivity contribution in [1.82, 2.24) is 4.98 Å². The van der Waals surface area contributed by atoms with Gasteiger partial charge in [-0.25, -0.2) is 0 Å². The number of alkyl halides is 3. The van der Waals surface area contributed by atoms with E-state index in [0.29, 0.717) is 22.8 Å². The van der Waals surface area contributed by atoms with Crippen LogP contribution in [0.25, 0.3) is 0 Å². The standard InChI is InChI=1S/C26H32F3NO2/c1-6-10-20(16-21(11-7-2)26(27,28)29)24(18(3)4)32-25-19(5)12-8-14-23(25)31-22-13-9-15-30-17-22/h6,9-11,13,15-17,23H,7-8,12,14H2,1-5H3/b10-6-,20-16+,21-11-. The van der Waals surface area contributed by atoms with E-state index in [9.17, 15) is 13.2 Å². The van der Waals surface area contributed by atoms with Crippen molar-refractivity contribution in [1.29, 1.82) is 0 Å². The Morgan fingerprint density at radius 2 is 2.03 bits per heavy atom. The van der Waals surface area contributed by atoms with Crippen molar-refractivity contribution < 1.29 is 22.6 Å². The van der Waals surface area contributed by atoms with Crippen LogP contribution in [0.4, 0.5) is 13.2 Å². The van der Waals surface area contributed by atoms with Gasteiger partial charge in [-0.15, -0.1) is 0 Å². The molecule has 0 radical (unpaired) electrons. The van der Waals surface area contributed by atoms with E-state index in [1.54, 1.807) is 44.5 Å². The van der Waals surface area contributed by atoms with E-state index in [1.165, 1.54) is 6.08 Å². The Labute approximate surface area is 189 Å². The van der Waals surface area contributed by atoms with Gasteiger partial charge in [0.1, 0.15) is 17.3 Å². The number of pyridine rings is 1. The van der Waals surface area contributed by atoms with Gasteiger partial charge in [0, 0.05) is 11.8 Å². The Hall–Kier alpha value is -2.76. The molecule has 174 valence electrons. The minimum absolute atomic E-state index is 0.283. The van der Waals surface area contributed by atoms with Gasteiger partial charge in [-0.1, -0.05) is 25.2 Å². The van der Waals surface area contributed by atoms with E-state index in [1.807, 2.05) is 26.8 Å². The largest absolute Gasteiger partial charge is 0.481 e. The van der Waals surface area contributed by atoms with Crippen LogP contribution >= 0.6 is 0 Å². The molecule has 1 atom stereocenters. The third kappa shape index (κ3) is 7.14. The molecule has 0 amide bonds. The SMILES string of the molecule is C\C=C/C(=C\C(=C\CC)C(F)(F)F)C(OC1=C(C)CCCC1Oc1cccnc1)=C(C)C. The highest BCUT2D eigenvalue weighted by Crippen LogP contribution is 2.35. The zero-order valence-electron chi connectivity index (χ0n) is 19.4. The zero-order chi connectivity index (χ0) is 23.7. The molecule has 3 nitrogen and oxygen atoms in total. The number of nitrogens with zero attached hydrogens (tertiary/aromatic N) is 1. The third-order valence-corrected chi connectivity index (χ3v) is 4.98. The van der Waals surface area contributed by atoms with Crippen molar-refractivity contribution in [2.45, 2.75) is 72.6 Å². The summed E-state index contributed by atoms with van der Waals surface area (Å²) in [6, 6.07) is 3.62. The molecule has 0 aromatic carbocycles. The predicted molar refractivity (Wildman–Crippen MR) is 122 cm³/mol. The van der Waals surface area contributed by atoms with Crippen molar-refractivity contribution in [2.24, 2.45) is 0 Å². The lowest BCUT2D eigenvalue weighted by molar-refractivity contribution is -0.0884. The summed E-state index contributed by atoms with van der Waals surface area (Å²) < 4.78 is 53.2. The monoisotopic (exact) mass is 447 g/mol. The molecule has 0 spiro atoms. The molecular formula is C26H32F3NO2. The minimum atomic E-state index is -4.44. The molecule has 1 aromatic heterocycles.